The molecule has 0 spiro atoms. The molecule has 1 saturated heterocycles. The topological polar surface area (TPSA) is 79.7 Å². The highest BCUT2D eigenvalue weighted by molar-refractivity contribution is 5.59. The molecule has 0 radical (unpaired) electrons. The third-order valence-corrected chi connectivity index (χ3v) is 5.69. The molecule has 0 unspecified atom stereocenters. The predicted molar refractivity (Wildman–Crippen MR) is 108 cm³/mol. The van der Waals surface area contributed by atoms with Crippen molar-refractivity contribution in [2.45, 2.75) is 25.2 Å². The van der Waals surface area contributed by atoms with Gasteiger partial charge in [-0.3, -0.25) is 4.98 Å². The smallest absolute Gasteiger partial charge is 0.151 e. The van der Waals surface area contributed by atoms with Gasteiger partial charge in [0.25, 0.3) is 0 Å². The van der Waals surface area contributed by atoms with E-state index in [2.05, 4.69) is 41.4 Å². The highest BCUT2D eigenvalue weighted by atomic mass is 15.3. The standard InChI is InChI=1S/C21H23N7/c1-2-16(3-1)19-10-20(25-14-24-19)23-11-15-12-28(13-15)21-5-4-18(26-27-21)17-6-8-22-9-7-17/h4-10,14-16H,1-3,11-13H2,(H,23,24,25). The SMILES string of the molecule is c1cc(-c2ccc(N3CC(CNc4cc(C5CCC5)ncn4)C3)nn2)ccn1. The monoisotopic (exact) mass is 373 g/mol. The lowest BCUT2D eigenvalue weighted by molar-refractivity contribution is 0.410. The molecule has 5 rings (SSSR count). The molecule has 1 N–H and O–H groups in total. The van der Waals surface area contributed by atoms with Crippen molar-refractivity contribution in [1.82, 2.24) is 25.1 Å². The van der Waals surface area contributed by atoms with Gasteiger partial charge in [0.2, 0.25) is 0 Å². The van der Waals surface area contributed by atoms with E-state index in [0.717, 1.165) is 42.5 Å². The largest absolute Gasteiger partial charge is 0.370 e. The van der Waals surface area contributed by atoms with Crippen LogP contribution in [-0.4, -0.2) is 44.8 Å². The molecule has 3 aromatic rings. The van der Waals surface area contributed by atoms with E-state index in [0.29, 0.717) is 11.8 Å². The Hall–Kier alpha value is -3.09. The first-order chi connectivity index (χ1) is 13.8. The van der Waals surface area contributed by atoms with Gasteiger partial charge in [-0.2, -0.15) is 0 Å². The Bertz CT molecular complexity index is 919. The van der Waals surface area contributed by atoms with Gasteiger partial charge < -0.3 is 10.2 Å². The summed E-state index contributed by atoms with van der Waals surface area (Å²) in [5, 5.41) is 12.2. The zero-order valence-electron chi connectivity index (χ0n) is 15.7. The zero-order chi connectivity index (χ0) is 18.8. The molecule has 0 atom stereocenters. The number of hydrogen-bond acceptors (Lipinski definition) is 7. The summed E-state index contributed by atoms with van der Waals surface area (Å²) in [5.74, 6) is 3.10. The van der Waals surface area contributed by atoms with E-state index in [4.69, 9.17) is 0 Å². The average Bonchev–Trinajstić information content (AvgIpc) is 2.67. The molecule has 28 heavy (non-hydrogen) atoms. The van der Waals surface area contributed by atoms with Gasteiger partial charge in [0, 0.05) is 61.2 Å². The van der Waals surface area contributed by atoms with Crippen molar-refractivity contribution < 1.29 is 0 Å². The maximum absolute atomic E-state index is 4.43. The zero-order valence-corrected chi connectivity index (χ0v) is 15.7. The van der Waals surface area contributed by atoms with Crippen LogP contribution in [0.1, 0.15) is 30.9 Å². The molecular formula is C21H23N7. The third kappa shape index (κ3) is 3.52. The lowest BCUT2D eigenvalue weighted by Gasteiger charge is -2.40. The highest BCUT2D eigenvalue weighted by Gasteiger charge is 2.28. The van der Waals surface area contributed by atoms with Crippen molar-refractivity contribution in [2.75, 3.05) is 29.9 Å². The van der Waals surface area contributed by atoms with E-state index in [-0.39, 0.29) is 0 Å². The predicted octanol–water partition coefficient (Wildman–Crippen LogP) is 3.14. The minimum Gasteiger partial charge on any atom is -0.370 e. The Morgan fingerprint density at radius 2 is 1.86 bits per heavy atom. The van der Waals surface area contributed by atoms with Crippen molar-refractivity contribution in [3.63, 3.8) is 0 Å². The lowest BCUT2D eigenvalue weighted by Crippen LogP contribution is -2.50. The van der Waals surface area contributed by atoms with Gasteiger partial charge in [0.15, 0.2) is 5.82 Å². The highest BCUT2D eigenvalue weighted by Crippen LogP contribution is 2.35. The Labute approximate surface area is 164 Å². The van der Waals surface area contributed by atoms with Crippen LogP contribution in [0, 0.1) is 5.92 Å². The number of rotatable bonds is 6. The summed E-state index contributed by atoms with van der Waals surface area (Å²) in [6.07, 6.45) is 9.06. The first kappa shape index (κ1) is 17.0. The molecule has 2 fully saturated rings. The van der Waals surface area contributed by atoms with E-state index >= 15 is 0 Å². The maximum Gasteiger partial charge on any atom is 0.151 e. The molecule has 0 amide bonds. The Morgan fingerprint density at radius 1 is 1.00 bits per heavy atom. The molecule has 1 aliphatic carbocycles. The quantitative estimate of drug-likeness (QED) is 0.711. The van der Waals surface area contributed by atoms with Crippen molar-refractivity contribution >= 4 is 11.6 Å². The molecule has 2 aliphatic rings. The van der Waals surface area contributed by atoms with Crippen LogP contribution in [-0.2, 0) is 0 Å². The number of nitrogens with zero attached hydrogens (tertiary/aromatic N) is 6. The van der Waals surface area contributed by atoms with E-state index < -0.39 is 0 Å². The Kier molecular flexibility index (Phi) is 4.56. The molecule has 1 aliphatic heterocycles. The molecule has 142 valence electrons. The Balaban J connectivity index is 1.13. The summed E-state index contributed by atoms with van der Waals surface area (Å²) in [5.41, 5.74) is 3.09. The van der Waals surface area contributed by atoms with Gasteiger partial charge in [-0.05, 0) is 37.1 Å². The van der Waals surface area contributed by atoms with Crippen LogP contribution in [0.25, 0.3) is 11.3 Å². The second-order valence-electron chi connectivity index (χ2n) is 7.62. The second kappa shape index (κ2) is 7.50. The molecule has 1 saturated carbocycles. The molecule has 0 aromatic carbocycles. The van der Waals surface area contributed by atoms with Crippen LogP contribution in [0.5, 0.6) is 0 Å². The summed E-state index contributed by atoms with van der Waals surface area (Å²) in [7, 11) is 0. The molecule has 7 heteroatoms. The van der Waals surface area contributed by atoms with Crippen LogP contribution in [0.2, 0.25) is 0 Å². The van der Waals surface area contributed by atoms with E-state index in [1.165, 1.54) is 25.0 Å². The average molecular weight is 373 g/mol. The first-order valence-corrected chi connectivity index (χ1v) is 9.90. The van der Waals surface area contributed by atoms with Crippen LogP contribution < -0.4 is 10.2 Å². The molecule has 4 heterocycles. The fourth-order valence-corrected chi connectivity index (χ4v) is 3.70. The maximum atomic E-state index is 4.43. The van der Waals surface area contributed by atoms with Gasteiger partial charge in [0.1, 0.15) is 12.1 Å². The van der Waals surface area contributed by atoms with E-state index in [1.807, 2.05) is 24.3 Å². The van der Waals surface area contributed by atoms with E-state index in [1.54, 1.807) is 18.7 Å². The fourth-order valence-electron chi connectivity index (χ4n) is 3.70. The lowest BCUT2D eigenvalue weighted by atomic mass is 9.83. The third-order valence-electron chi connectivity index (χ3n) is 5.69. The Morgan fingerprint density at radius 3 is 2.57 bits per heavy atom. The van der Waals surface area contributed by atoms with Gasteiger partial charge >= 0.3 is 0 Å². The van der Waals surface area contributed by atoms with Crippen LogP contribution in [0.15, 0.2) is 49.1 Å². The normalized spacial score (nSPS) is 17.1. The van der Waals surface area contributed by atoms with Crippen molar-refractivity contribution in [1.29, 1.82) is 0 Å². The molecule has 0 bridgehead atoms. The van der Waals surface area contributed by atoms with Gasteiger partial charge in [0.05, 0.1) is 5.69 Å². The number of pyridine rings is 1. The number of hydrogen-bond donors (Lipinski definition) is 1. The number of anilines is 2. The van der Waals surface area contributed by atoms with Gasteiger partial charge in [-0.1, -0.05) is 6.42 Å². The summed E-state index contributed by atoms with van der Waals surface area (Å²) >= 11 is 0. The fraction of sp³-hybridized carbons (Fsp3) is 0.381. The van der Waals surface area contributed by atoms with Crippen molar-refractivity contribution in [2.24, 2.45) is 5.92 Å². The first-order valence-electron chi connectivity index (χ1n) is 9.90. The molecular weight excluding hydrogens is 350 g/mol. The summed E-state index contributed by atoms with van der Waals surface area (Å²) in [6, 6.07) is 10.1. The summed E-state index contributed by atoms with van der Waals surface area (Å²) < 4.78 is 0. The van der Waals surface area contributed by atoms with Crippen LogP contribution in [0.4, 0.5) is 11.6 Å². The van der Waals surface area contributed by atoms with Crippen LogP contribution >= 0.6 is 0 Å². The van der Waals surface area contributed by atoms with Gasteiger partial charge in [-0.15, -0.1) is 10.2 Å². The molecule has 7 nitrogen and oxygen atoms in total. The number of aromatic nitrogens is 5. The van der Waals surface area contributed by atoms with Crippen molar-refractivity contribution in [3.8, 4) is 11.3 Å². The minimum absolute atomic E-state index is 0.587. The second-order valence-corrected chi connectivity index (χ2v) is 7.62. The van der Waals surface area contributed by atoms with Gasteiger partial charge in [-0.25, -0.2) is 9.97 Å². The van der Waals surface area contributed by atoms with Crippen LogP contribution in [0.3, 0.4) is 0 Å². The minimum atomic E-state index is 0.587. The summed E-state index contributed by atoms with van der Waals surface area (Å²) in [4.78, 5) is 15.1. The van der Waals surface area contributed by atoms with E-state index in [9.17, 15) is 0 Å². The number of nitrogens with one attached hydrogen (secondary N) is 1. The summed E-state index contributed by atoms with van der Waals surface area (Å²) in [6.45, 7) is 2.88. The van der Waals surface area contributed by atoms with Crippen molar-refractivity contribution in [3.05, 3.63) is 54.7 Å². The molecule has 3 aromatic heterocycles.